The molecule has 0 heterocycles. The summed E-state index contributed by atoms with van der Waals surface area (Å²) in [5.41, 5.74) is 1.37. The van der Waals surface area contributed by atoms with Gasteiger partial charge in [0.15, 0.2) is 0 Å². The van der Waals surface area contributed by atoms with Crippen molar-refractivity contribution in [1.29, 1.82) is 0 Å². The summed E-state index contributed by atoms with van der Waals surface area (Å²) < 4.78 is 0. The largest absolute Gasteiger partial charge is 0.317 e. The van der Waals surface area contributed by atoms with Crippen LogP contribution in [0, 0.1) is 0 Å². The van der Waals surface area contributed by atoms with Crippen molar-refractivity contribution in [2.45, 2.75) is 32.6 Å². The second kappa shape index (κ2) is 6.86. The molecule has 15 heavy (non-hydrogen) atoms. The smallest absolute Gasteiger partial charge is 0.0406 e. The lowest BCUT2D eigenvalue weighted by Crippen LogP contribution is -2.17. The maximum Gasteiger partial charge on any atom is 0.0406 e. The average molecular weight is 226 g/mol. The first kappa shape index (κ1) is 12.5. The minimum Gasteiger partial charge on any atom is -0.317 e. The molecule has 84 valence electrons. The summed E-state index contributed by atoms with van der Waals surface area (Å²) in [6.45, 7) is 6.66. The summed E-state index contributed by atoms with van der Waals surface area (Å²) in [6, 6.07) is 8.17. The van der Waals surface area contributed by atoms with Crippen LogP contribution in [0.1, 0.15) is 38.2 Å². The molecule has 0 saturated carbocycles. The number of halogens is 1. The van der Waals surface area contributed by atoms with Gasteiger partial charge in [-0.2, -0.15) is 0 Å². The van der Waals surface area contributed by atoms with Crippen molar-refractivity contribution in [2.75, 3.05) is 13.1 Å². The van der Waals surface area contributed by atoms with Gasteiger partial charge in [0.05, 0.1) is 0 Å². The highest BCUT2D eigenvalue weighted by Crippen LogP contribution is 2.20. The van der Waals surface area contributed by atoms with Crippen LogP contribution in [0.5, 0.6) is 0 Å². The number of hydrogen-bond acceptors (Lipinski definition) is 1. The molecule has 1 unspecified atom stereocenters. The summed E-state index contributed by atoms with van der Waals surface area (Å²) in [5, 5.41) is 4.24. The summed E-state index contributed by atoms with van der Waals surface area (Å²) >= 11 is 5.85. The first-order valence-electron chi connectivity index (χ1n) is 5.70. The van der Waals surface area contributed by atoms with E-state index in [1.165, 1.54) is 18.4 Å². The Hall–Kier alpha value is -0.530. The topological polar surface area (TPSA) is 12.0 Å². The van der Waals surface area contributed by atoms with Gasteiger partial charge in [0, 0.05) is 5.02 Å². The number of rotatable bonds is 6. The van der Waals surface area contributed by atoms with Gasteiger partial charge in [0.2, 0.25) is 0 Å². The molecule has 0 saturated heterocycles. The van der Waals surface area contributed by atoms with Gasteiger partial charge in [-0.1, -0.05) is 37.6 Å². The standard InChI is InChI=1S/C13H20ClN/c1-3-9-15-10-8-11(2)12-4-6-13(14)7-5-12/h4-7,11,15H,3,8-10H2,1-2H3. The maximum absolute atomic E-state index is 5.85. The average Bonchev–Trinajstić information content (AvgIpc) is 2.25. The molecule has 0 aliphatic heterocycles. The Morgan fingerprint density at radius 1 is 1.20 bits per heavy atom. The van der Waals surface area contributed by atoms with Gasteiger partial charge in [0.25, 0.3) is 0 Å². The molecule has 0 bridgehead atoms. The molecule has 1 aromatic carbocycles. The van der Waals surface area contributed by atoms with E-state index in [0.717, 1.165) is 18.1 Å². The molecular weight excluding hydrogens is 206 g/mol. The third kappa shape index (κ3) is 4.67. The zero-order valence-corrected chi connectivity index (χ0v) is 10.3. The molecule has 1 aromatic rings. The SMILES string of the molecule is CCCNCCC(C)c1ccc(Cl)cc1. The normalized spacial score (nSPS) is 12.7. The Morgan fingerprint density at radius 3 is 2.47 bits per heavy atom. The van der Waals surface area contributed by atoms with Crippen molar-refractivity contribution in [3.8, 4) is 0 Å². The monoisotopic (exact) mass is 225 g/mol. The van der Waals surface area contributed by atoms with Crippen molar-refractivity contribution in [2.24, 2.45) is 0 Å². The summed E-state index contributed by atoms with van der Waals surface area (Å²) in [6.07, 6.45) is 2.39. The van der Waals surface area contributed by atoms with Crippen LogP contribution in [0.15, 0.2) is 24.3 Å². The second-order valence-corrected chi connectivity index (χ2v) is 4.43. The maximum atomic E-state index is 5.85. The van der Waals surface area contributed by atoms with E-state index >= 15 is 0 Å². The molecule has 0 aromatic heterocycles. The molecule has 0 aliphatic rings. The molecule has 0 amide bonds. The van der Waals surface area contributed by atoms with Crippen molar-refractivity contribution in [3.63, 3.8) is 0 Å². The van der Waals surface area contributed by atoms with E-state index in [9.17, 15) is 0 Å². The molecule has 1 atom stereocenters. The van der Waals surface area contributed by atoms with E-state index in [-0.39, 0.29) is 0 Å². The van der Waals surface area contributed by atoms with Gasteiger partial charge >= 0.3 is 0 Å². The summed E-state index contributed by atoms with van der Waals surface area (Å²) in [7, 11) is 0. The van der Waals surface area contributed by atoms with Crippen molar-refractivity contribution < 1.29 is 0 Å². The van der Waals surface area contributed by atoms with Gasteiger partial charge in [-0.25, -0.2) is 0 Å². The Bertz CT molecular complexity index is 268. The highest BCUT2D eigenvalue weighted by Gasteiger charge is 2.04. The number of hydrogen-bond donors (Lipinski definition) is 1. The van der Waals surface area contributed by atoms with E-state index in [0.29, 0.717) is 5.92 Å². The summed E-state index contributed by atoms with van der Waals surface area (Å²) in [4.78, 5) is 0. The van der Waals surface area contributed by atoms with E-state index in [1.807, 2.05) is 12.1 Å². The molecule has 0 spiro atoms. The minimum absolute atomic E-state index is 0.603. The van der Waals surface area contributed by atoms with Crippen molar-refractivity contribution in [3.05, 3.63) is 34.9 Å². The third-order valence-corrected chi connectivity index (χ3v) is 2.87. The Balaban J connectivity index is 2.33. The quantitative estimate of drug-likeness (QED) is 0.726. The van der Waals surface area contributed by atoms with Crippen LogP contribution >= 0.6 is 11.6 Å². The van der Waals surface area contributed by atoms with E-state index in [4.69, 9.17) is 11.6 Å². The number of benzene rings is 1. The van der Waals surface area contributed by atoms with Crippen LogP contribution in [0.4, 0.5) is 0 Å². The van der Waals surface area contributed by atoms with Gasteiger partial charge in [0.1, 0.15) is 0 Å². The predicted octanol–water partition coefficient (Wildman–Crippen LogP) is 3.83. The molecule has 2 heteroatoms. The minimum atomic E-state index is 0.603. The Kier molecular flexibility index (Phi) is 5.74. The fourth-order valence-electron chi connectivity index (χ4n) is 1.58. The Morgan fingerprint density at radius 2 is 1.87 bits per heavy atom. The molecule has 0 aliphatic carbocycles. The van der Waals surface area contributed by atoms with Crippen LogP contribution in [0.3, 0.4) is 0 Å². The second-order valence-electron chi connectivity index (χ2n) is 3.99. The van der Waals surface area contributed by atoms with Crippen molar-refractivity contribution in [1.82, 2.24) is 5.32 Å². The Labute approximate surface area is 97.8 Å². The molecule has 0 fully saturated rings. The zero-order valence-electron chi connectivity index (χ0n) is 9.59. The predicted molar refractivity (Wildman–Crippen MR) is 67.6 cm³/mol. The summed E-state index contributed by atoms with van der Waals surface area (Å²) in [5.74, 6) is 0.603. The fraction of sp³-hybridized carbons (Fsp3) is 0.538. The van der Waals surface area contributed by atoms with Crippen LogP contribution in [0.25, 0.3) is 0 Å². The molecule has 1 N–H and O–H groups in total. The molecule has 0 radical (unpaired) electrons. The zero-order chi connectivity index (χ0) is 11.1. The fourth-order valence-corrected chi connectivity index (χ4v) is 1.70. The third-order valence-electron chi connectivity index (χ3n) is 2.62. The highest BCUT2D eigenvalue weighted by molar-refractivity contribution is 6.30. The van der Waals surface area contributed by atoms with Crippen molar-refractivity contribution >= 4 is 11.6 Å². The lowest BCUT2D eigenvalue weighted by molar-refractivity contribution is 0.591. The van der Waals surface area contributed by atoms with Crippen LogP contribution in [0.2, 0.25) is 5.02 Å². The lowest BCUT2D eigenvalue weighted by Gasteiger charge is -2.12. The van der Waals surface area contributed by atoms with E-state index in [1.54, 1.807) is 0 Å². The molecule has 1 nitrogen and oxygen atoms in total. The van der Waals surface area contributed by atoms with Crippen LogP contribution < -0.4 is 5.32 Å². The molecule has 1 rings (SSSR count). The van der Waals surface area contributed by atoms with Gasteiger partial charge in [-0.3, -0.25) is 0 Å². The van der Waals surface area contributed by atoms with Crippen LogP contribution in [-0.2, 0) is 0 Å². The van der Waals surface area contributed by atoms with Gasteiger partial charge in [-0.05, 0) is 49.5 Å². The first-order valence-corrected chi connectivity index (χ1v) is 6.08. The van der Waals surface area contributed by atoms with Gasteiger partial charge < -0.3 is 5.32 Å². The van der Waals surface area contributed by atoms with Gasteiger partial charge in [-0.15, -0.1) is 0 Å². The highest BCUT2D eigenvalue weighted by atomic mass is 35.5. The number of nitrogens with one attached hydrogen (secondary N) is 1. The van der Waals surface area contributed by atoms with E-state index in [2.05, 4.69) is 31.3 Å². The first-order chi connectivity index (χ1) is 7.24. The lowest BCUT2D eigenvalue weighted by atomic mass is 9.98. The molecular formula is C13H20ClN. The van der Waals surface area contributed by atoms with E-state index < -0.39 is 0 Å². The van der Waals surface area contributed by atoms with Crippen LogP contribution in [-0.4, -0.2) is 13.1 Å².